The first kappa shape index (κ1) is 16.9. The van der Waals surface area contributed by atoms with E-state index in [0.717, 1.165) is 32.6 Å². The molecule has 0 atom stereocenters. The smallest absolute Gasteiger partial charge is 0.265 e. The average molecular weight is 431 g/mol. The number of benzene rings is 3. The standard InChI is InChI=1S/C22H15BrN4O/c1-13-24-18-11-8-15(23)12-17(18)22(28)27(13)16-9-6-14(7-10-16)21-25-19-4-2-3-5-20(19)26-21/h2-12H,1H3,(H,25,26). The quantitative estimate of drug-likeness (QED) is 0.428. The molecule has 0 aliphatic carbocycles. The SMILES string of the molecule is Cc1nc2ccc(Br)cc2c(=O)n1-c1ccc(-c2nc3ccccc3[nH]2)cc1. The molecule has 5 rings (SSSR count). The summed E-state index contributed by atoms with van der Waals surface area (Å²) in [5, 5.41) is 0.585. The van der Waals surface area contributed by atoms with Gasteiger partial charge in [-0.05, 0) is 61.5 Å². The predicted octanol–water partition coefficient (Wildman–Crippen LogP) is 5.00. The molecular weight excluding hydrogens is 416 g/mol. The summed E-state index contributed by atoms with van der Waals surface area (Å²) in [7, 11) is 0. The second kappa shape index (κ2) is 6.42. The fourth-order valence-electron chi connectivity index (χ4n) is 3.43. The van der Waals surface area contributed by atoms with Crippen LogP contribution in [0.1, 0.15) is 5.82 Å². The monoisotopic (exact) mass is 430 g/mol. The summed E-state index contributed by atoms with van der Waals surface area (Å²) in [5.74, 6) is 1.45. The number of aromatic nitrogens is 4. The molecule has 0 radical (unpaired) electrons. The lowest BCUT2D eigenvalue weighted by Crippen LogP contribution is -2.22. The first-order valence-electron chi connectivity index (χ1n) is 8.85. The van der Waals surface area contributed by atoms with Crippen molar-refractivity contribution in [3.63, 3.8) is 0 Å². The van der Waals surface area contributed by atoms with Crippen LogP contribution in [0.4, 0.5) is 0 Å². The third-order valence-electron chi connectivity index (χ3n) is 4.79. The molecular formula is C22H15BrN4O. The van der Waals surface area contributed by atoms with E-state index < -0.39 is 0 Å². The van der Waals surface area contributed by atoms with Gasteiger partial charge in [-0.2, -0.15) is 0 Å². The lowest BCUT2D eigenvalue weighted by atomic mass is 10.2. The molecule has 0 aliphatic rings. The molecule has 1 N–H and O–H groups in total. The Hall–Kier alpha value is -3.25. The highest BCUT2D eigenvalue weighted by Gasteiger charge is 2.11. The number of aryl methyl sites for hydroxylation is 1. The largest absolute Gasteiger partial charge is 0.338 e. The molecule has 0 bridgehead atoms. The van der Waals surface area contributed by atoms with Crippen LogP contribution in [0.15, 0.2) is 76.0 Å². The summed E-state index contributed by atoms with van der Waals surface area (Å²) >= 11 is 3.43. The van der Waals surface area contributed by atoms with Crippen molar-refractivity contribution in [2.45, 2.75) is 6.92 Å². The van der Waals surface area contributed by atoms with E-state index >= 15 is 0 Å². The topological polar surface area (TPSA) is 63.6 Å². The third-order valence-corrected chi connectivity index (χ3v) is 5.28. The number of rotatable bonds is 2. The maximum atomic E-state index is 13.1. The Bertz CT molecular complexity index is 1370. The minimum atomic E-state index is -0.0831. The molecule has 0 saturated carbocycles. The number of H-pyrrole nitrogens is 1. The molecule has 2 aromatic heterocycles. The zero-order chi connectivity index (χ0) is 19.3. The number of nitrogens with one attached hydrogen (secondary N) is 1. The Morgan fingerprint density at radius 1 is 0.929 bits per heavy atom. The number of imidazole rings is 1. The van der Waals surface area contributed by atoms with Gasteiger partial charge in [-0.25, -0.2) is 9.97 Å². The normalized spacial score (nSPS) is 11.4. The Balaban J connectivity index is 1.62. The van der Waals surface area contributed by atoms with Gasteiger partial charge in [0, 0.05) is 10.0 Å². The van der Waals surface area contributed by atoms with Crippen LogP contribution in [0, 0.1) is 6.92 Å². The van der Waals surface area contributed by atoms with Crippen molar-refractivity contribution >= 4 is 37.9 Å². The van der Waals surface area contributed by atoms with E-state index in [-0.39, 0.29) is 5.56 Å². The van der Waals surface area contributed by atoms with Crippen molar-refractivity contribution in [1.82, 2.24) is 19.5 Å². The van der Waals surface area contributed by atoms with Crippen LogP contribution in [0.25, 0.3) is 39.0 Å². The van der Waals surface area contributed by atoms with Crippen LogP contribution in [-0.4, -0.2) is 19.5 Å². The molecule has 6 heteroatoms. The van der Waals surface area contributed by atoms with Gasteiger partial charge in [0.2, 0.25) is 0 Å². The van der Waals surface area contributed by atoms with Crippen LogP contribution >= 0.6 is 15.9 Å². The van der Waals surface area contributed by atoms with E-state index in [4.69, 9.17) is 0 Å². The van der Waals surface area contributed by atoms with Crippen LogP contribution < -0.4 is 5.56 Å². The number of para-hydroxylation sites is 2. The molecule has 0 unspecified atom stereocenters. The molecule has 0 spiro atoms. The van der Waals surface area contributed by atoms with Crippen molar-refractivity contribution in [3.05, 3.63) is 87.4 Å². The summed E-state index contributed by atoms with van der Waals surface area (Å²) < 4.78 is 2.49. The zero-order valence-electron chi connectivity index (χ0n) is 15.0. The van der Waals surface area contributed by atoms with Gasteiger partial charge >= 0.3 is 0 Å². The van der Waals surface area contributed by atoms with Crippen LogP contribution in [0.5, 0.6) is 0 Å². The Labute approximate surface area is 168 Å². The molecule has 0 saturated heterocycles. The Morgan fingerprint density at radius 2 is 1.71 bits per heavy atom. The molecule has 3 aromatic carbocycles. The highest BCUT2D eigenvalue weighted by atomic mass is 79.9. The van der Waals surface area contributed by atoms with E-state index in [1.807, 2.05) is 73.7 Å². The molecule has 5 nitrogen and oxygen atoms in total. The molecule has 5 aromatic rings. The fraction of sp³-hybridized carbons (Fsp3) is 0.0455. The van der Waals surface area contributed by atoms with Crippen molar-refractivity contribution in [2.24, 2.45) is 0 Å². The van der Waals surface area contributed by atoms with Gasteiger partial charge in [0.15, 0.2) is 0 Å². The summed E-state index contributed by atoms with van der Waals surface area (Å²) in [4.78, 5) is 25.6. The fourth-order valence-corrected chi connectivity index (χ4v) is 3.79. The van der Waals surface area contributed by atoms with E-state index in [1.165, 1.54) is 0 Å². The molecule has 2 heterocycles. The number of fused-ring (bicyclic) bond motifs is 2. The maximum Gasteiger partial charge on any atom is 0.265 e. The van der Waals surface area contributed by atoms with Crippen LogP contribution in [-0.2, 0) is 0 Å². The zero-order valence-corrected chi connectivity index (χ0v) is 16.6. The van der Waals surface area contributed by atoms with Crippen LogP contribution in [0.2, 0.25) is 0 Å². The van der Waals surface area contributed by atoms with Gasteiger partial charge in [0.25, 0.3) is 5.56 Å². The van der Waals surface area contributed by atoms with Crippen molar-refractivity contribution in [3.8, 4) is 17.1 Å². The molecule has 136 valence electrons. The molecule has 0 aliphatic heterocycles. The highest BCUT2D eigenvalue weighted by molar-refractivity contribution is 9.10. The highest BCUT2D eigenvalue weighted by Crippen LogP contribution is 2.22. The van der Waals surface area contributed by atoms with Gasteiger partial charge in [-0.3, -0.25) is 9.36 Å². The Morgan fingerprint density at radius 3 is 2.50 bits per heavy atom. The van der Waals surface area contributed by atoms with Crippen molar-refractivity contribution in [2.75, 3.05) is 0 Å². The van der Waals surface area contributed by atoms with E-state index in [1.54, 1.807) is 4.57 Å². The van der Waals surface area contributed by atoms with Gasteiger partial charge in [0.05, 0.1) is 27.6 Å². The third kappa shape index (κ3) is 2.73. The lowest BCUT2D eigenvalue weighted by molar-refractivity contribution is 0.895. The number of halogens is 1. The Kier molecular flexibility index (Phi) is 3.87. The average Bonchev–Trinajstić information content (AvgIpc) is 3.13. The van der Waals surface area contributed by atoms with Crippen molar-refractivity contribution in [1.29, 1.82) is 0 Å². The van der Waals surface area contributed by atoms with E-state index in [9.17, 15) is 4.79 Å². The number of aromatic amines is 1. The second-order valence-corrected chi connectivity index (χ2v) is 7.53. The maximum absolute atomic E-state index is 13.1. The van der Waals surface area contributed by atoms with Gasteiger partial charge < -0.3 is 4.98 Å². The molecule has 28 heavy (non-hydrogen) atoms. The second-order valence-electron chi connectivity index (χ2n) is 6.61. The minimum Gasteiger partial charge on any atom is -0.338 e. The minimum absolute atomic E-state index is 0.0831. The summed E-state index contributed by atoms with van der Waals surface area (Å²) in [6, 6.07) is 21.2. The number of hydrogen-bond donors (Lipinski definition) is 1. The molecule has 0 amide bonds. The summed E-state index contributed by atoms with van der Waals surface area (Å²) in [6.45, 7) is 1.84. The van der Waals surface area contributed by atoms with Gasteiger partial charge in [-0.1, -0.05) is 28.1 Å². The number of hydrogen-bond acceptors (Lipinski definition) is 3. The van der Waals surface area contributed by atoms with Crippen molar-refractivity contribution < 1.29 is 0 Å². The first-order chi connectivity index (χ1) is 13.6. The van der Waals surface area contributed by atoms with Crippen LogP contribution in [0.3, 0.4) is 0 Å². The summed E-state index contributed by atoms with van der Waals surface area (Å²) in [6.07, 6.45) is 0. The van der Waals surface area contributed by atoms with Gasteiger partial charge in [0.1, 0.15) is 11.6 Å². The van der Waals surface area contributed by atoms with E-state index in [2.05, 4.69) is 30.9 Å². The first-order valence-corrected chi connectivity index (χ1v) is 9.64. The van der Waals surface area contributed by atoms with E-state index in [0.29, 0.717) is 16.7 Å². The predicted molar refractivity (Wildman–Crippen MR) is 115 cm³/mol. The number of nitrogens with zero attached hydrogens (tertiary/aromatic N) is 3. The molecule has 0 fully saturated rings. The summed E-state index contributed by atoms with van der Waals surface area (Å²) in [5.41, 5.74) is 4.27. The lowest BCUT2D eigenvalue weighted by Gasteiger charge is -2.11. The van der Waals surface area contributed by atoms with Gasteiger partial charge in [-0.15, -0.1) is 0 Å².